The van der Waals surface area contributed by atoms with E-state index in [0.29, 0.717) is 0 Å². The molecular weight excluding hydrogens is 289 g/mol. The van der Waals surface area contributed by atoms with E-state index >= 15 is 0 Å². The molecule has 0 aromatic rings. The maximum absolute atomic E-state index is 2.29. The molecule has 0 aliphatic carbocycles. The van der Waals surface area contributed by atoms with Gasteiger partial charge in [0.05, 0.1) is 0 Å². The van der Waals surface area contributed by atoms with Gasteiger partial charge in [-0.25, -0.2) is 0 Å². The van der Waals surface area contributed by atoms with Crippen LogP contribution in [0.1, 0.15) is 90.9 Å². The third kappa shape index (κ3) is 19.4. The van der Waals surface area contributed by atoms with Gasteiger partial charge in [-0.15, -0.1) is 8.58 Å². The fourth-order valence-corrected chi connectivity index (χ4v) is 3.44. The van der Waals surface area contributed by atoms with Gasteiger partial charge in [-0.05, 0) is 25.2 Å². The van der Waals surface area contributed by atoms with Crippen LogP contribution in [0.5, 0.6) is 0 Å². The normalized spacial score (nSPS) is 10.3. The molecule has 0 amide bonds. The minimum atomic E-state index is 0. The standard InChI is InChI=1S/C16H35P.Zn/c1-3-5-7-9-11-13-15-17-16-14-12-10-8-6-4-2;/h17H,3-16H2,1-2H3;. The van der Waals surface area contributed by atoms with Crippen LogP contribution in [0.3, 0.4) is 0 Å². The minimum Gasteiger partial charge on any atom is -0.122 e. The van der Waals surface area contributed by atoms with Crippen molar-refractivity contribution in [3.05, 3.63) is 0 Å². The van der Waals surface area contributed by atoms with E-state index in [0.717, 1.165) is 0 Å². The Morgan fingerprint density at radius 3 is 1.22 bits per heavy atom. The maximum Gasteiger partial charge on any atom is 0 e. The summed E-state index contributed by atoms with van der Waals surface area (Å²) in [7, 11) is 1.26. The van der Waals surface area contributed by atoms with Crippen LogP contribution < -0.4 is 0 Å². The summed E-state index contributed by atoms with van der Waals surface area (Å²) in [6.45, 7) is 4.59. The molecule has 0 unspecified atom stereocenters. The van der Waals surface area contributed by atoms with Gasteiger partial charge in [0.15, 0.2) is 0 Å². The van der Waals surface area contributed by atoms with Gasteiger partial charge in [0, 0.05) is 19.5 Å². The van der Waals surface area contributed by atoms with Crippen LogP contribution in [-0.4, -0.2) is 12.3 Å². The first-order chi connectivity index (χ1) is 8.41. The summed E-state index contributed by atoms with van der Waals surface area (Å²) in [5.74, 6) is 0. The van der Waals surface area contributed by atoms with Crippen LogP contribution in [0.4, 0.5) is 0 Å². The largest absolute Gasteiger partial charge is 0.122 e. The van der Waals surface area contributed by atoms with Gasteiger partial charge < -0.3 is 0 Å². The summed E-state index contributed by atoms with van der Waals surface area (Å²) in [5, 5.41) is 0. The van der Waals surface area contributed by atoms with E-state index in [-0.39, 0.29) is 19.5 Å². The first-order valence-electron chi connectivity index (χ1n) is 8.12. The summed E-state index contributed by atoms with van der Waals surface area (Å²) >= 11 is 0. The molecule has 106 valence electrons. The van der Waals surface area contributed by atoms with E-state index in [1.54, 1.807) is 0 Å². The van der Waals surface area contributed by atoms with Crippen molar-refractivity contribution in [1.29, 1.82) is 0 Å². The van der Waals surface area contributed by atoms with Crippen LogP contribution in [0.15, 0.2) is 0 Å². The monoisotopic (exact) mass is 322 g/mol. The zero-order valence-corrected chi connectivity index (χ0v) is 17.1. The van der Waals surface area contributed by atoms with Crippen molar-refractivity contribution in [2.75, 3.05) is 12.3 Å². The van der Waals surface area contributed by atoms with E-state index in [1.165, 1.54) is 98.0 Å². The molecule has 0 nitrogen and oxygen atoms in total. The molecule has 0 spiro atoms. The molecule has 0 fully saturated rings. The number of hydrogen-bond donors (Lipinski definition) is 0. The Kier molecular flexibility index (Phi) is 24.2. The Labute approximate surface area is 131 Å². The van der Waals surface area contributed by atoms with E-state index in [1.807, 2.05) is 0 Å². The predicted octanol–water partition coefficient (Wildman–Crippen LogP) is 6.38. The van der Waals surface area contributed by atoms with Gasteiger partial charge in [0.1, 0.15) is 0 Å². The van der Waals surface area contributed by atoms with Gasteiger partial charge in [0.25, 0.3) is 0 Å². The molecule has 0 aromatic heterocycles. The zero-order valence-electron chi connectivity index (χ0n) is 13.1. The molecule has 2 heteroatoms. The molecular formula is C16H35PZn. The van der Waals surface area contributed by atoms with E-state index in [2.05, 4.69) is 13.8 Å². The average Bonchev–Trinajstić information content (AvgIpc) is 2.35. The van der Waals surface area contributed by atoms with Crippen LogP contribution in [0.2, 0.25) is 0 Å². The van der Waals surface area contributed by atoms with Gasteiger partial charge in [-0.3, -0.25) is 0 Å². The first-order valence-corrected chi connectivity index (χ1v) is 9.54. The van der Waals surface area contributed by atoms with Crippen molar-refractivity contribution >= 4 is 8.58 Å². The van der Waals surface area contributed by atoms with Crippen molar-refractivity contribution in [3.8, 4) is 0 Å². The molecule has 18 heavy (non-hydrogen) atoms. The Balaban J connectivity index is 0. The summed E-state index contributed by atoms with van der Waals surface area (Å²) in [6.07, 6.45) is 20.5. The van der Waals surface area contributed by atoms with Crippen LogP contribution in [0, 0.1) is 0 Å². The second kappa shape index (κ2) is 20.4. The zero-order chi connectivity index (χ0) is 12.6. The molecule has 0 saturated heterocycles. The second-order valence-electron chi connectivity index (χ2n) is 5.29. The Morgan fingerprint density at radius 1 is 0.500 bits per heavy atom. The molecule has 0 aliphatic rings. The topological polar surface area (TPSA) is 0 Å². The molecule has 0 heterocycles. The average molecular weight is 324 g/mol. The van der Waals surface area contributed by atoms with Gasteiger partial charge in [0.2, 0.25) is 0 Å². The van der Waals surface area contributed by atoms with Crippen molar-refractivity contribution in [3.63, 3.8) is 0 Å². The Bertz CT molecular complexity index is 114. The SMILES string of the molecule is CCCCCCCCPCCCCCCCC.[Zn]. The molecule has 0 aromatic carbocycles. The van der Waals surface area contributed by atoms with Crippen LogP contribution in [-0.2, 0) is 19.5 Å². The molecule has 0 radical (unpaired) electrons. The van der Waals surface area contributed by atoms with Crippen molar-refractivity contribution in [1.82, 2.24) is 0 Å². The number of unbranched alkanes of at least 4 members (excludes halogenated alkanes) is 10. The number of rotatable bonds is 14. The van der Waals surface area contributed by atoms with Gasteiger partial charge >= 0.3 is 0 Å². The smallest absolute Gasteiger partial charge is 0 e. The molecule has 0 saturated carbocycles. The van der Waals surface area contributed by atoms with Crippen LogP contribution in [0.25, 0.3) is 0 Å². The molecule has 0 atom stereocenters. The molecule has 0 N–H and O–H groups in total. The summed E-state index contributed by atoms with van der Waals surface area (Å²) in [5.41, 5.74) is 0. The molecule has 0 bridgehead atoms. The quantitative estimate of drug-likeness (QED) is 0.197. The van der Waals surface area contributed by atoms with Crippen molar-refractivity contribution in [2.45, 2.75) is 90.9 Å². The summed E-state index contributed by atoms with van der Waals surface area (Å²) in [4.78, 5) is 0. The van der Waals surface area contributed by atoms with Crippen molar-refractivity contribution < 1.29 is 19.5 Å². The van der Waals surface area contributed by atoms with E-state index < -0.39 is 0 Å². The van der Waals surface area contributed by atoms with E-state index in [4.69, 9.17) is 0 Å². The van der Waals surface area contributed by atoms with E-state index in [9.17, 15) is 0 Å². The second-order valence-corrected chi connectivity index (χ2v) is 6.79. The number of hydrogen-bond acceptors (Lipinski definition) is 0. The van der Waals surface area contributed by atoms with Crippen LogP contribution >= 0.6 is 8.58 Å². The maximum atomic E-state index is 2.29. The fraction of sp³-hybridized carbons (Fsp3) is 1.00. The third-order valence-electron chi connectivity index (χ3n) is 3.41. The fourth-order valence-electron chi connectivity index (χ4n) is 2.19. The Morgan fingerprint density at radius 2 is 0.833 bits per heavy atom. The third-order valence-corrected chi connectivity index (χ3v) is 4.83. The molecule has 0 aliphatic heterocycles. The van der Waals surface area contributed by atoms with Gasteiger partial charge in [-0.2, -0.15) is 0 Å². The first kappa shape index (κ1) is 21.4. The van der Waals surface area contributed by atoms with Crippen molar-refractivity contribution in [2.24, 2.45) is 0 Å². The predicted molar refractivity (Wildman–Crippen MR) is 84.8 cm³/mol. The Hall–Kier alpha value is 1.05. The van der Waals surface area contributed by atoms with Gasteiger partial charge in [-0.1, -0.05) is 78.1 Å². The summed E-state index contributed by atoms with van der Waals surface area (Å²) < 4.78 is 0. The minimum absolute atomic E-state index is 0. The molecule has 0 rings (SSSR count). The summed E-state index contributed by atoms with van der Waals surface area (Å²) in [6, 6.07) is 0.